The van der Waals surface area contributed by atoms with Crippen molar-refractivity contribution in [3.63, 3.8) is 0 Å². The second-order valence-electron chi connectivity index (χ2n) is 22.1. The topological polar surface area (TPSA) is 346 Å². The van der Waals surface area contributed by atoms with Gasteiger partial charge in [-0.15, -0.1) is 0 Å². The number of nitrogens with zero attached hydrogens (tertiary/aromatic N) is 2. The van der Waals surface area contributed by atoms with Gasteiger partial charge in [0.1, 0.15) is 30.9 Å². The molecule has 2 aliphatic rings. The van der Waals surface area contributed by atoms with Crippen molar-refractivity contribution in [2.75, 3.05) is 82.8 Å². The standard InChI is InChI=1S/C61H83N9O17/c1-11-22-85-58(78)66-46-29-50(48(81-9)27-43(46)55(75)69-31-37(4)25-41(69)33-71)83-23-13-12-14-24-84-51-30-47(44(28-49(51)82-10)56(76)70-32-38(5)26-42(70)34-72)67-59(79)86-35-39-17-19-40(20-18-39)64-53(73)45(16-15-21-63-57(62)77)65-54(74)52(36(2)3)68-60(80)87-61(6,7)8/h11,17-20,27-30,36,41-42,45,52,71-72H,1,4-5,12-16,21-26,31-35H2,2-3,6-10H3,(H,64,73)(H,65,74)(H,66,78)(H,67,79)(H,68,80)(H3,62,63,77)/t41-,42-,45-,52-/m0/s1. The molecule has 2 fully saturated rings. The van der Waals surface area contributed by atoms with Crippen LogP contribution in [0.25, 0.3) is 0 Å². The van der Waals surface area contributed by atoms with E-state index in [2.05, 4.69) is 51.6 Å². The number of amides is 9. The van der Waals surface area contributed by atoms with E-state index >= 15 is 0 Å². The Labute approximate surface area is 506 Å². The average molecular weight is 1210 g/mol. The number of ether oxygens (including phenoxy) is 7. The number of likely N-dealkylation sites (tertiary alicyclic amines) is 2. The van der Waals surface area contributed by atoms with Gasteiger partial charge >= 0.3 is 24.3 Å². The van der Waals surface area contributed by atoms with Gasteiger partial charge in [-0.1, -0.05) is 62.9 Å². The number of methoxy groups -OCH3 is 2. The molecule has 0 bridgehead atoms. The summed E-state index contributed by atoms with van der Waals surface area (Å²) in [4.78, 5) is 108. The van der Waals surface area contributed by atoms with E-state index in [0.29, 0.717) is 43.4 Å². The molecule has 26 heteroatoms. The largest absolute Gasteiger partial charge is 0.493 e. The predicted octanol–water partition coefficient (Wildman–Crippen LogP) is 6.76. The van der Waals surface area contributed by atoms with E-state index < -0.39 is 77.7 Å². The highest BCUT2D eigenvalue weighted by atomic mass is 16.6. The molecule has 26 nitrogen and oxygen atoms in total. The number of urea groups is 1. The Morgan fingerprint density at radius 3 is 1.67 bits per heavy atom. The Morgan fingerprint density at radius 1 is 0.690 bits per heavy atom. The number of hydrogen-bond acceptors (Lipinski definition) is 17. The van der Waals surface area contributed by atoms with Gasteiger partial charge in [-0.3, -0.25) is 29.8 Å². The van der Waals surface area contributed by atoms with Crippen molar-refractivity contribution in [1.29, 1.82) is 0 Å². The van der Waals surface area contributed by atoms with Crippen LogP contribution < -0.4 is 56.6 Å². The lowest BCUT2D eigenvalue weighted by Gasteiger charge is -2.27. The highest BCUT2D eigenvalue weighted by Crippen LogP contribution is 2.38. The molecule has 2 heterocycles. The van der Waals surface area contributed by atoms with E-state index in [1.807, 2.05) is 0 Å². The number of carbonyl (C=O) groups is 8. The van der Waals surface area contributed by atoms with E-state index in [1.165, 1.54) is 54.4 Å². The van der Waals surface area contributed by atoms with Gasteiger partial charge in [0.2, 0.25) is 11.8 Å². The molecule has 0 unspecified atom stereocenters. The normalized spacial score (nSPS) is 15.3. The molecule has 87 heavy (non-hydrogen) atoms. The zero-order valence-corrected chi connectivity index (χ0v) is 50.5. The molecule has 0 radical (unpaired) electrons. The van der Waals surface area contributed by atoms with Gasteiger partial charge in [-0.05, 0) is 101 Å². The van der Waals surface area contributed by atoms with Crippen molar-refractivity contribution < 1.29 is 81.7 Å². The maximum Gasteiger partial charge on any atom is 0.411 e. The summed E-state index contributed by atoms with van der Waals surface area (Å²) in [5.74, 6) is -1.76. The molecular weight excluding hydrogens is 1130 g/mol. The summed E-state index contributed by atoms with van der Waals surface area (Å²) in [7, 11) is 2.81. The highest BCUT2D eigenvalue weighted by molar-refractivity contribution is 6.05. The number of alkyl carbamates (subject to hydrolysis) is 1. The Kier molecular flexibility index (Phi) is 26.1. The van der Waals surface area contributed by atoms with Crippen LogP contribution in [-0.4, -0.2) is 165 Å². The Morgan fingerprint density at radius 2 is 1.21 bits per heavy atom. The fourth-order valence-corrected chi connectivity index (χ4v) is 9.34. The second kappa shape index (κ2) is 33.0. The quantitative estimate of drug-likeness (QED) is 0.0189. The first-order valence-electron chi connectivity index (χ1n) is 28.5. The molecule has 0 spiro atoms. The number of aliphatic hydroxyl groups is 2. The minimum atomic E-state index is -1.11. The first kappa shape index (κ1) is 68.7. The number of rotatable bonds is 30. The molecule has 4 atom stereocenters. The van der Waals surface area contributed by atoms with Crippen molar-refractivity contribution in [3.05, 3.63) is 102 Å². The van der Waals surface area contributed by atoms with E-state index in [9.17, 15) is 48.6 Å². The number of aliphatic hydroxyl groups excluding tert-OH is 2. The van der Waals surface area contributed by atoms with Crippen LogP contribution in [0.5, 0.6) is 23.0 Å². The third kappa shape index (κ3) is 20.9. The highest BCUT2D eigenvalue weighted by Gasteiger charge is 2.36. The lowest BCUT2D eigenvalue weighted by Crippen LogP contribution is -2.55. The molecule has 2 saturated heterocycles. The zero-order chi connectivity index (χ0) is 64.0. The lowest BCUT2D eigenvalue weighted by molar-refractivity contribution is -0.128. The minimum absolute atomic E-state index is 0.0235. The number of primary amides is 1. The summed E-state index contributed by atoms with van der Waals surface area (Å²) < 4.78 is 39.6. The van der Waals surface area contributed by atoms with Crippen LogP contribution in [0.1, 0.15) is 106 Å². The summed E-state index contributed by atoms with van der Waals surface area (Å²) >= 11 is 0. The van der Waals surface area contributed by atoms with Gasteiger partial charge in [0.15, 0.2) is 23.0 Å². The molecule has 9 amide bonds. The van der Waals surface area contributed by atoms with Gasteiger partial charge in [0.05, 0.1) is 75.2 Å². The number of hydrogen-bond donors (Lipinski definition) is 9. The molecule has 0 saturated carbocycles. The Bertz CT molecular complexity index is 2960. The maximum absolute atomic E-state index is 14.2. The van der Waals surface area contributed by atoms with Crippen molar-refractivity contribution >= 4 is 65.0 Å². The fourth-order valence-electron chi connectivity index (χ4n) is 9.34. The van der Waals surface area contributed by atoms with Gasteiger partial charge < -0.3 is 80.2 Å². The maximum atomic E-state index is 14.2. The summed E-state index contributed by atoms with van der Waals surface area (Å²) in [6.07, 6.45) is 1.61. The van der Waals surface area contributed by atoms with Crippen LogP contribution in [0.4, 0.5) is 36.2 Å². The third-order valence-electron chi connectivity index (χ3n) is 13.7. The molecular formula is C61H83N9O17. The molecule has 0 aliphatic carbocycles. The molecule has 0 aromatic heterocycles. The smallest absolute Gasteiger partial charge is 0.411 e. The monoisotopic (exact) mass is 1210 g/mol. The van der Waals surface area contributed by atoms with E-state index in [1.54, 1.807) is 58.9 Å². The van der Waals surface area contributed by atoms with Crippen LogP contribution in [0.3, 0.4) is 0 Å². The SMILES string of the molecule is C=CCOC(=O)Nc1cc(OCCCCCOc2cc(NC(=O)OCc3ccc(NC(=O)[C@H](CCCNC(N)=O)NC(=O)[C@@H](NC(=O)OC(C)(C)C)C(C)C)cc3)c(C(=O)N3CC(=C)C[C@H]3CO)cc2OC)c(OC)cc1C(=O)N1CC(=C)C[C@H]1CO. The molecule has 474 valence electrons. The first-order valence-corrected chi connectivity index (χ1v) is 28.5. The number of nitrogens with one attached hydrogen (secondary N) is 6. The van der Waals surface area contributed by atoms with Gasteiger partial charge in [0.25, 0.3) is 11.8 Å². The summed E-state index contributed by atoms with van der Waals surface area (Å²) in [6, 6.07) is 8.16. The fraction of sp³-hybridized carbons (Fsp3) is 0.475. The molecule has 5 rings (SSSR count). The Balaban J connectivity index is 1.24. The third-order valence-corrected chi connectivity index (χ3v) is 13.7. The number of anilines is 3. The summed E-state index contributed by atoms with van der Waals surface area (Å²) in [5.41, 5.74) is 6.97. The van der Waals surface area contributed by atoms with Crippen LogP contribution in [0.2, 0.25) is 0 Å². The molecule has 2 aliphatic heterocycles. The van der Waals surface area contributed by atoms with Crippen molar-refractivity contribution in [2.24, 2.45) is 11.7 Å². The van der Waals surface area contributed by atoms with Crippen molar-refractivity contribution in [1.82, 2.24) is 25.8 Å². The number of unbranched alkanes of at least 4 members (excludes halogenated alkanes) is 2. The first-order chi connectivity index (χ1) is 41.4. The minimum Gasteiger partial charge on any atom is -0.493 e. The summed E-state index contributed by atoms with van der Waals surface area (Å²) in [6.45, 7) is 20.0. The van der Waals surface area contributed by atoms with Crippen molar-refractivity contribution in [2.45, 2.75) is 116 Å². The van der Waals surface area contributed by atoms with E-state index in [0.717, 1.165) is 11.1 Å². The lowest BCUT2D eigenvalue weighted by atomic mass is 10.0. The van der Waals surface area contributed by atoms with Gasteiger partial charge in [-0.2, -0.15) is 0 Å². The van der Waals surface area contributed by atoms with Crippen LogP contribution in [0.15, 0.2) is 85.5 Å². The van der Waals surface area contributed by atoms with E-state index in [4.69, 9.17) is 38.9 Å². The van der Waals surface area contributed by atoms with E-state index in [-0.39, 0.29) is 124 Å². The van der Waals surface area contributed by atoms with Crippen molar-refractivity contribution in [3.8, 4) is 23.0 Å². The zero-order valence-electron chi connectivity index (χ0n) is 50.5. The van der Waals surface area contributed by atoms with Gasteiger partial charge in [-0.25, -0.2) is 19.2 Å². The summed E-state index contributed by atoms with van der Waals surface area (Å²) in [5, 5.41) is 35.9. The van der Waals surface area contributed by atoms with Crippen LogP contribution >= 0.6 is 0 Å². The number of benzene rings is 3. The second-order valence-corrected chi connectivity index (χ2v) is 22.1. The molecule has 10 N–H and O–H groups in total. The Hall–Kier alpha value is -9.04. The average Bonchev–Trinajstić information content (AvgIpc) is 2.68. The van der Waals surface area contributed by atoms with Crippen LogP contribution in [-0.2, 0) is 30.4 Å². The van der Waals surface area contributed by atoms with Crippen LogP contribution in [0, 0.1) is 5.92 Å². The molecule has 3 aromatic carbocycles. The predicted molar refractivity (Wildman–Crippen MR) is 323 cm³/mol. The van der Waals surface area contributed by atoms with Gasteiger partial charge in [0, 0.05) is 37.5 Å². The molecule has 3 aromatic rings. The number of carbonyl (C=O) groups excluding carboxylic acids is 8. The number of nitrogens with two attached hydrogens (primary N) is 1.